The Morgan fingerprint density at radius 2 is 2.12 bits per heavy atom. The predicted octanol–water partition coefficient (Wildman–Crippen LogP) is 0.605. The fourth-order valence-corrected chi connectivity index (χ4v) is 4.18. The van der Waals surface area contributed by atoms with Crippen LogP contribution in [0.15, 0.2) is 6.20 Å². The summed E-state index contributed by atoms with van der Waals surface area (Å²) >= 11 is 0. The van der Waals surface area contributed by atoms with Gasteiger partial charge in [0.1, 0.15) is 5.69 Å². The Kier molecular flexibility index (Phi) is 3.87. The molecule has 8 heteroatoms. The van der Waals surface area contributed by atoms with Crippen LogP contribution >= 0.6 is 0 Å². The minimum Gasteiger partial charge on any atom is -0.481 e. The van der Waals surface area contributed by atoms with Crippen molar-refractivity contribution in [3.05, 3.63) is 17.5 Å². The predicted molar refractivity (Wildman–Crippen MR) is 88.5 cm³/mol. The molecular formula is C17H22N4O4. The lowest BCUT2D eigenvalue weighted by Gasteiger charge is -2.27. The zero-order valence-electron chi connectivity index (χ0n) is 14.2. The second-order valence-electron chi connectivity index (χ2n) is 7.15. The van der Waals surface area contributed by atoms with E-state index < -0.39 is 11.4 Å². The van der Waals surface area contributed by atoms with E-state index in [0.29, 0.717) is 56.4 Å². The number of hydrogen-bond donors (Lipinski definition) is 2. The number of aromatic nitrogens is 2. The Morgan fingerprint density at radius 3 is 2.80 bits per heavy atom. The summed E-state index contributed by atoms with van der Waals surface area (Å²) in [4.78, 5) is 35.1. The van der Waals surface area contributed by atoms with Crippen molar-refractivity contribution in [3.63, 3.8) is 0 Å². The highest BCUT2D eigenvalue weighted by Crippen LogP contribution is 2.63. The van der Waals surface area contributed by atoms with Crippen molar-refractivity contribution in [2.24, 2.45) is 11.3 Å². The third kappa shape index (κ3) is 2.64. The molecule has 134 valence electrons. The lowest BCUT2D eigenvalue weighted by molar-refractivity contribution is -0.144. The first-order valence-corrected chi connectivity index (χ1v) is 8.73. The van der Waals surface area contributed by atoms with Crippen LogP contribution in [0.5, 0.6) is 0 Å². The highest BCUT2D eigenvalue weighted by molar-refractivity contribution is 5.95. The topological polar surface area (TPSA) is 105 Å². The summed E-state index contributed by atoms with van der Waals surface area (Å²) in [7, 11) is 0. The third-order valence-corrected chi connectivity index (χ3v) is 5.75. The van der Waals surface area contributed by atoms with Crippen molar-refractivity contribution in [2.45, 2.75) is 32.2 Å². The van der Waals surface area contributed by atoms with Gasteiger partial charge in [0.15, 0.2) is 0 Å². The number of rotatable bonds is 4. The molecule has 0 spiro atoms. The summed E-state index contributed by atoms with van der Waals surface area (Å²) in [6, 6.07) is -0.316. The average molecular weight is 346 g/mol. The molecule has 3 aliphatic rings. The SMILES string of the molecule is Cc1cnc(N2CCOCC2)nc1C(=O)NC1CCC2CC21C(=O)O. The van der Waals surface area contributed by atoms with Gasteiger partial charge in [-0.3, -0.25) is 9.59 Å². The number of hydrogen-bond acceptors (Lipinski definition) is 6. The molecule has 2 N–H and O–H groups in total. The molecule has 1 aromatic heterocycles. The molecule has 4 rings (SSSR count). The molecule has 0 aromatic carbocycles. The van der Waals surface area contributed by atoms with Gasteiger partial charge in [-0.05, 0) is 37.7 Å². The van der Waals surface area contributed by atoms with E-state index in [0.717, 1.165) is 6.42 Å². The van der Waals surface area contributed by atoms with Crippen LogP contribution in [-0.4, -0.2) is 59.3 Å². The van der Waals surface area contributed by atoms with Crippen LogP contribution in [0.1, 0.15) is 35.3 Å². The van der Waals surface area contributed by atoms with E-state index in [1.165, 1.54) is 0 Å². The molecule has 2 aliphatic carbocycles. The van der Waals surface area contributed by atoms with Crippen molar-refractivity contribution in [1.82, 2.24) is 15.3 Å². The summed E-state index contributed by atoms with van der Waals surface area (Å²) in [5.74, 6) is -0.394. The minimum atomic E-state index is -0.797. The smallest absolute Gasteiger partial charge is 0.312 e. The molecule has 2 heterocycles. The monoisotopic (exact) mass is 346 g/mol. The number of carboxylic acids is 1. The van der Waals surface area contributed by atoms with Gasteiger partial charge in [0.05, 0.1) is 18.6 Å². The van der Waals surface area contributed by atoms with Crippen LogP contribution < -0.4 is 10.2 Å². The molecule has 1 saturated heterocycles. The average Bonchev–Trinajstić information content (AvgIpc) is 3.26. The van der Waals surface area contributed by atoms with Gasteiger partial charge in [-0.15, -0.1) is 0 Å². The number of carbonyl (C=O) groups excluding carboxylic acids is 1. The van der Waals surface area contributed by atoms with E-state index in [-0.39, 0.29) is 17.9 Å². The summed E-state index contributed by atoms with van der Waals surface area (Å²) in [6.45, 7) is 4.40. The van der Waals surface area contributed by atoms with E-state index in [1.54, 1.807) is 13.1 Å². The van der Waals surface area contributed by atoms with Gasteiger partial charge in [-0.1, -0.05) is 0 Å². The lowest BCUT2D eigenvalue weighted by Crippen LogP contribution is -2.44. The Hall–Kier alpha value is -2.22. The maximum atomic E-state index is 12.7. The van der Waals surface area contributed by atoms with Crippen LogP contribution in [0, 0.1) is 18.3 Å². The van der Waals surface area contributed by atoms with E-state index in [4.69, 9.17) is 4.74 Å². The van der Waals surface area contributed by atoms with Gasteiger partial charge in [-0.2, -0.15) is 0 Å². The number of nitrogens with zero attached hydrogens (tertiary/aromatic N) is 3. The van der Waals surface area contributed by atoms with Crippen molar-refractivity contribution in [2.75, 3.05) is 31.2 Å². The number of ether oxygens (including phenoxy) is 1. The van der Waals surface area contributed by atoms with Crippen molar-refractivity contribution in [3.8, 4) is 0 Å². The summed E-state index contributed by atoms with van der Waals surface area (Å²) in [5.41, 5.74) is 0.245. The third-order valence-electron chi connectivity index (χ3n) is 5.75. The number of carboxylic acid groups (broad SMARTS) is 1. The summed E-state index contributed by atoms with van der Waals surface area (Å²) in [5, 5.41) is 12.5. The first-order chi connectivity index (χ1) is 12.0. The zero-order chi connectivity index (χ0) is 17.6. The maximum absolute atomic E-state index is 12.7. The number of aliphatic carboxylic acids is 1. The first-order valence-electron chi connectivity index (χ1n) is 8.73. The van der Waals surface area contributed by atoms with Crippen LogP contribution in [0.3, 0.4) is 0 Å². The molecule has 0 bridgehead atoms. The van der Waals surface area contributed by atoms with Crippen molar-refractivity contribution < 1.29 is 19.4 Å². The van der Waals surface area contributed by atoms with Gasteiger partial charge in [-0.25, -0.2) is 9.97 Å². The van der Waals surface area contributed by atoms with Gasteiger partial charge < -0.3 is 20.1 Å². The number of morpholine rings is 1. The highest BCUT2D eigenvalue weighted by Gasteiger charge is 2.68. The number of aryl methyl sites for hydroxylation is 1. The Labute approximate surface area is 145 Å². The quantitative estimate of drug-likeness (QED) is 0.823. The molecule has 1 aliphatic heterocycles. The highest BCUT2D eigenvalue weighted by atomic mass is 16.5. The molecule has 3 unspecified atom stereocenters. The standard InChI is InChI=1S/C17H22N4O4/c1-10-9-18-16(21-4-6-25-7-5-21)20-13(10)14(22)19-12-3-2-11-8-17(11,12)15(23)24/h9,11-12H,2-8H2,1H3,(H,19,22)(H,23,24). The molecule has 2 saturated carbocycles. The largest absolute Gasteiger partial charge is 0.481 e. The Bertz CT molecular complexity index is 719. The Morgan fingerprint density at radius 1 is 1.36 bits per heavy atom. The van der Waals surface area contributed by atoms with Crippen LogP contribution in [0.2, 0.25) is 0 Å². The molecule has 1 aromatic rings. The first kappa shape index (κ1) is 16.3. The normalized spacial score (nSPS) is 30.7. The molecule has 25 heavy (non-hydrogen) atoms. The van der Waals surface area contributed by atoms with Crippen molar-refractivity contribution in [1.29, 1.82) is 0 Å². The maximum Gasteiger partial charge on any atom is 0.312 e. The second kappa shape index (κ2) is 5.94. The molecule has 0 radical (unpaired) electrons. The number of fused-ring (bicyclic) bond motifs is 1. The molecule has 8 nitrogen and oxygen atoms in total. The molecule has 1 amide bonds. The van der Waals surface area contributed by atoms with Gasteiger partial charge >= 0.3 is 5.97 Å². The lowest BCUT2D eigenvalue weighted by atomic mass is 9.98. The van der Waals surface area contributed by atoms with Gasteiger partial charge in [0.25, 0.3) is 5.91 Å². The number of anilines is 1. The fraction of sp³-hybridized carbons (Fsp3) is 0.647. The Balaban J connectivity index is 1.53. The number of amides is 1. The van der Waals surface area contributed by atoms with Crippen LogP contribution in [0.4, 0.5) is 5.95 Å². The van der Waals surface area contributed by atoms with Crippen LogP contribution in [-0.2, 0) is 9.53 Å². The van der Waals surface area contributed by atoms with E-state index in [2.05, 4.69) is 15.3 Å². The molecule has 3 atom stereocenters. The summed E-state index contributed by atoms with van der Waals surface area (Å²) in [6.07, 6.45) is 3.88. The fourth-order valence-electron chi connectivity index (χ4n) is 4.18. The minimum absolute atomic E-state index is 0.200. The van der Waals surface area contributed by atoms with Gasteiger partial charge in [0, 0.05) is 25.3 Å². The number of carbonyl (C=O) groups is 2. The van der Waals surface area contributed by atoms with E-state index >= 15 is 0 Å². The van der Waals surface area contributed by atoms with Gasteiger partial charge in [0.2, 0.25) is 5.95 Å². The zero-order valence-corrected chi connectivity index (χ0v) is 14.2. The van der Waals surface area contributed by atoms with E-state index in [9.17, 15) is 14.7 Å². The second-order valence-corrected chi connectivity index (χ2v) is 7.15. The molecule has 3 fully saturated rings. The van der Waals surface area contributed by atoms with E-state index in [1.807, 2.05) is 4.90 Å². The van der Waals surface area contributed by atoms with Crippen molar-refractivity contribution >= 4 is 17.8 Å². The number of nitrogens with one attached hydrogen (secondary N) is 1. The van der Waals surface area contributed by atoms with Crippen LogP contribution in [0.25, 0.3) is 0 Å². The summed E-state index contributed by atoms with van der Waals surface area (Å²) < 4.78 is 5.33. The molecular weight excluding hydrogens is 324 g/mol.